The average molecular weight is 1020 g/mol. The highest BCUT2D eigenvalue weighted by molar-refractivity contribution is 6.61. The number of rotatable bonds is 4. The molecule has 0 radical (unpaired) electrons. The van der Waals surface area contributed by atoms with Gasteiger partial charge >= 0.3 is 0 Å². The molecule has 0 saturated carbocycles. The lowest BCUT2D eigenvalue weighted by Crippen LogP contribution is -2.05. The molecule has 244 valence electrons. The van der Waals surface area contributed by atoms with E-state index in [0.717, 1.165) is 0 Å². The first-order chi connectivity index (χ1) is 21.2. The van der Waals surface area contributed by atoms with Crippen LogP contribution in [-0.4, -0.2) is 0 Å². The van der Waals surface area contributed by atoms with Gasteiger partial charge in [-0.1, -0.05) is 232 Å². The van der Waals surface area contributed by atoms with Gasteiger partial charge in [0.1, 0.15) is 0 Å². The van der Waals surface area contributed by atoms with Gasteiger partial charge < -0.3 is 0 Å². The fraction of sp³-hybridized carbons (Fsp3) is 0. The molecule has 0 aliphatic rings. The first-order valence-electron chi connectivity index (χ1n) is 11.0. The summed E-state index contributed by atoms with van der Waals surface area (Å²) in [7, 11) is 0. The quantitative estimate of drug-likeness (QED) is 0.109. The van der Waals surface area contributed by atoms with Crippen molar-refractivity contribution in [3.8, 4) is 0 Å². The summed E-state index contributed by atoms with van der Waals surface area (Å²) in [6, 6.07) is 0. The van der Waals surface area contributed by atoms with Crippen LogP contribution in [0.5, 0.6) is 0 Å². The Hall–Kier alpha value is 2.42. The summed E-state index contributed by atoms with van der Waals surface area (Å²) in [5.41, 5.74) is -1.30. The molecule has 4 aromatic rings. The second-order valence-electron chi connectivity index (χ2n) is 8.53. The highest BCUT2D eigenvalue weighted by Gasteiger charge is 2.36. The van der Waals surface area contributed by atoms with E-state index in [1.165, 1.54) is 0 Å². The molecule has 0 bridgehead atoms. The average Bonchev–Trinajstić information content (AvgIpc) is 3.03. The van der Waals surface area contributed by atoms with Gasteiger partial charge in [0.05, 0.1) is 100 Å². The molecule has 0 fully saturated rings. The largest absolute Gasteiger partial charge is 0.0819 e. The fourth-order valence-corrected chi connectivity index (χ4v) is 9.36. The van der Waals surface area contributed by atoms with Crippen molar-refractivity contribution >= 4 is 243 Å². The van der Waals surface area contributed by atoms with Gasteiger partial charge in [0.15, 0.2) is 0 Å². The molecule has 46 heavy (non-hydrogen) atoms. The Morgan fingerprint density at radius 1 is 0.152 bits per heavy atom. The Kier molecular flexibility index (Phi) is 14.1. The third kappa shape index (κ3) is 6.83. The van der Waals surface area contributed by atoms with Gasteiger partial charge in [-0.05, 0) is 0 Å². The molecular weight excluding hydrogens is 1020 g/mol. The molecule has 0 N–H and O–H groups in total. The van der Waals surface area contributed by atoms with E-state index in [0.29, 0.717) is 0 Å². The van der Waals surface area contributed by atoms with Gasteiger partial charge in [-0.3, -0.25) is 0 Å². The molecule has 0 amide bonds. The lowest BCUT2D eigenvalue weighted by molar-refractivity contribution is 1.49. The van der Waals surface area contributed by atoms with Crippen molar-refractivity contribution in [2.75, 3.05) is 0 Å². The van der Waals surface area contributed by atoms with Crippen LogP contribution >= 0.6 is 232 Å². The third-order valence-corrected chi connectivity index (χ3v) is 15.2. The predicted octanol–water partition coefficient (Wildman–Crippen LogP) is 19.8. The summed E-state index contributed by atoms with van der Waals surface area (Å²) < 4.78 is 0. The summed E-state index contributed by atoms with van der Waals surface area (Å²) >= 11 is 132. The van der Waals surface area contributed by atoms with Gasteiger partial charge in [0, 0.05) is 33.4 Å². The van der Waals surface area contributed by atoms with Crippen molar-refractivity contribution in [2.45, 2.75) is 0 Å². The highest BCUT2D eigenvalue weighted by Crippen LogP contribution is 2.60. The molecule has 0 saturated heterocycles. The number of benzene rings is 4. The number of hydrogen-bond donors (Lipinski definition) is 0. The molecule has 0 aliphatic carbocycles. The van der Waals surface area contributed by atoms with E-state index >= 15 is 0 Å². The summed E-state index contributed by atoms with van der Waals surface area (Å²) in [4.78, 5) is 0. The van der Waals surface area contributed by atoms with Crippen LogP contribution in [0.4, 0.5) is 0 Å². The van der Waals surface area contributed by atoms with Gasteiger partial charge in [-0.15, -0.1) is 0 Å². The van der Waals surface area contributed by atoms with Crippen LogP contribution in [0.1, 0.15) is 22.3 Å². The molecule has 0 spiro atoms. The maximum absolute atomic E-state index is 6.84. The summed E-state index contributed by atoms with van der Waals surface area (Å²) in [6.45, 7) is 0. The molecule has 20 heteroatoms. The molecule has 0 heterocycles. The predicted molar refractivity (Wildman–Crippen MR) is 211 cm³/mol. The number of halogens is 20. The van der Waals surface area contributed by atoms with Crippen LogP contribution in [0.15, 0.2) is 0 Å². The second-order valence-corrected chi connectivity index (χ2v) is 16.1. The minimum absolute atomic E-state index is 0.209. The standard InChI is InChI=1S/C26Cl20/c27-7-3(8(28)16(36)23(43)15(7)35)1(4-9(29)17(37)24(44)18(38)10(4)30)2(5-11(31)19(39)25(45)20(40)12(5)32)6-13(33)21(41)26(46)22(42)14(6)34. The van der Waals surface area contributed by atoms with E-state index in [4.69, 9.17) is 232 Å². The Morgan fingerprint density at radius 2 is 0.239 bits per heavy atom. The lowest BCUT2D eigenvalue weighted by Gasteiger charge is -2.27. The zero-order valence-corrected chi connectivity index (χ0v) is 35.7. The van der Waals surface area contributed by atoms with Crippen molar-refractivity contribution in [1.29, 1.82) is 0 Å². The van der Waals surface area contributed by atoms with Crippen LogP contribution in [0.2, 0.25) is 100 Å². The zero-order chi connectivity index (χ0) is 35.0. The molecule has 0 aliphatic heterocycles. The highest BCUT2D eigenvalue weighted by atomic mass is 35.5. The van der Waals surface area contributed by atoms with E-state index in [1.807, 2.05) is 0 Å². The third-order valence-electron chi connectivity index (χ3n) is 6.09. The second kappa shape index (κ2) is 15.8. The minimum atomic E-state index is -0.306. The summed E-state index contributed by atoms with van der Waals surface area (Å²) in [6.07, 6.45) is 0. The van der Waals surface area contributed by atoms with Gasteiger partial charge in [0.2, 0.25) is 0 Å². The van der Waals surface area contributed by atoms with Crippen molar-refractivity contribution in [1.82, 2.24) is 0 Å². The van der Waals surface area contributed by atoms with Crippen LogP contribution in [0, 0.1) is 0 Å². The Bertz CT molecular complexity index is 1640. The molecule has 0 aromatic heterocycles. The molecule has 4 aromatic carbocycles. The normalized spacial score (nSPS) is 11.5. The van der Waals surface area contributed by atoms with Crippen LogP contribution in [0.3, 0.4) is 0 Å². The topological polar surface area (TPSA) is 0 Å². The summed E-state index contributed by atoms with van der Waals surface area (Å²) in [5.74, 6) is 0. The van der Waals surface area contributed by atoms with Gasteiger partial charge in [0.25, 0.3) is 0 Å². The van der Waals surface area contributed by atoms with Gasteiger partial charge in [-0.2, -0.15) is 0 Å². The minimum Gasteiger partial charge on any atom is -0.0819 e. The molecular formula is C26Cl20. The number of hydrogen-bond acceptors (Lipinski definition) is 0. The van der Waals surface area contributed by atoms with E-state index in [9.17, 15) is 0 Å². The maximum atomic E-state index is 6.84. The molecule has 0 unspecified atom stereocenters. The molecule has 4 rings (SSSR count). The maximum Gasteiger partial charge on any atom is 0.0809 e. The van der Waals surface area contributed by atoms with Gasteiger partial charge in [-0.25, -0.2) is 0 Å². The summed E-state index contributed by atoms with van der Waals surface area (Å²) in [5, 5.41) is -5.44. The van der Waals surface area contributed by atoms with Crippen LogP contribution in [0.25, 0.3) is 11.1 Å². The van der Waals surface area contributed by atoms with E-state index in [-0.39, 0.29) is 134 Å². The van der Waals surface area contributed by atoms with E-state index < -0.39 is 0 Å². The Balaban J connectivity index is 2.63. The lowest BCUT2D eigenvalue weighted by atomic mass is 9.85. The van der Waals surface area contributed by atoms with Crippen LogP contribution in [-0.2, 0) is 0 Å². The Labute approximate surface area is 361 Å². The Morgan fingerprint density at radius 3 is 0.348 bits per heavy atom. The van der Waals surface area contributed by atoms with Crippen molar-refractivity contribution < 1.29 is 0 Å². The first-order valence-corrected chi connectivity index (χ1v) is 18.6. The van der Waals surface area contributed by atoms with Crippen molar-refractivity contribution in [3.05, 3.63) is 123 Å². The SMILES string of the molecule is Clc1c(Cl)c(Cl)c(C(=C(c2c(Cl)c(Cl)c(Cl)c(Cl)c2Cl)c2c(Cl)c(Cl)c(Cl)c(Cl)c2Cl)c2c(Cl)c(Cl)c(Cl)c(Cl)c2Cl)c(Cl)c1Cl. The van der Waals surface area contributed by atoms with Crippen molar-refractivity contribution in [2.24, 2.45) is 0 Å². The first kappa shape index (κ1) is 41.2. The van der Waals surface area contributed by atoms with E-state index in [2.05, 4.69) is 0 Å². The van der Waals surface area contributed by atoms with Crippen molar-refractivity contribution in [3.63, 3.8) is 0 Å². The van der Waals surface area contributed by atoms with E-state index in [1.54, 1.807) is 0 Å². The zero-order valence-electron chi connectivity index (χ0n) is 20.6. The fourth-order valence-electron chi connectivity index (χ4n) is 4.05. The molecule has 0 atom stereocenters. The van der Waals surface area contributed by atoms with Crippen LogP contribution < -0.4 is 0 Å². The molecule has 0 nitrogen and oxygen atoms in total. The monoisotopic (exact) mass is 1010 g/mol. The smallest absolute Gasteiger partial charge is 0.0809 e.